The van der Waals surface area contributed by atoms with E-state index < -0.39 is 5.97 Å². The van der Waals surface area contributed by atoms with E-state index in [2.05, 4.69) is 29.2 Å². The van der Waals surface area contributed by atoms with Crippen LogP contribution < -0.4 is 0 Å². The number of hydrogen-bond donors (Lipinski definition) is 1. The molecule has 4 nitrogen and oxygen atoms in total. The normalized spacial score (nSPS) is 10.9. The summed E-state index contributed by atoms with van der Waals surface area (Å²) in [6.45, 7) is 3.20. The standard InChI is InChI=1S/C20H25NO3/c1-24-14-13-21(12-6-10-17-7-3-2-4-8-17)16-18-9-5-11-19(15-18)20(22)23/h2-5,7-9,11,15H,6,10,12-14,16H2,1H3,(H,22,23). The van der Waals surface area contributed by atoms with Crippen LogP contribution in [0, 0.1) is 0 Å². The first kappa shape index (κ1) is 18.2. The fourth-order valence-electron chi connectivity index (χ4n) is 2.70. The van der Waals surface area contributed by atoms with Crippen molar-refractivity contribution in [1.29, 1.82) is 0 Å². The molecule has 0 atom stereocenters. The number of carboxylic acid groups (broad SMARTS) is 1. The minimum Gasteiger partial charge on any atom is -0.478 e. The van der Waals surface area contributed by atoms with Crippen LogP contribution in [0.4, 0.5) is 0 Å². The number of carbonyl (C=O) groups is 1. The van der Waals surface area contributed by atoms with Gasteiger partial charge in [0.2, 0.25) is 0 Å². The van der Waals surface area contributed by atoms with Crippen LogP contribution in [0.5, 0.6) is 0 Å². The van der Waals surface area contributed by atoms with E-state index in [0.717, 1.165) is 38.0 Å². The van der Waals surface area contributed by atoms with Gasteiger partial charge in [0.15, 0.2) is 0 Å². The second kappa shape index (κ2) is 9.85. The molecule has 2 aromatic carbocycles. The molecule has 0 unspecified atom stereocenters. The molecule has 0 aromatic heterocycles. The third kappa shape index (κ3) is 6.14. The van der Waals surface area contributed by atoms with Crippen LogP contribution in [0.3, 0.4) is 0 Å². The molecular formula is C20H25NO3. The number of nitrogens with zero attached hydrogens (tertiary/aromatic N) is 1. The van der Waals surface area contributed by atoms with E-state index in [1.54, 1.807) is 25.3 Å². The molecule has 0 aliphatic heterocycles. The van der Waals surface area contributed by atoms with Gasteiger partial charge in [-0.3, -0.25) is 4.90 Å². The maximum absolute atomic E-state index is 11.1. The predicted molar refractivity (Wildman–Crippen MR) is 95.3 cm³/mol. The minimum atomic E-state index is -0.885. The zero-order chi connectivity index (χ0) is 17.2. The second-order valence-electron chi connectivity index (χ2n) is 5.86. The third-order valence-corrected chi connectivity index (χ3v) is 3.97. The summed E-state index contributed by atoms with van der Waals surface area (Å²) in [5.74, 6) is -0.885. The summed E-state index contributed by atoms with van der Waals surface area (Å²) in [5, 5.41) is 9.12. The topological polar surface area (TPSA) is 49.8 Å². The SMILES string of the molecule is COCCN(CCCc1ccccc1)Cc1cccc(C(=O)O)c1. The fourth-order valence-corrected chi connectivity index (χ4v) is 2.70. The Morgan fingerprint density at radius 1 is 1.04 bits per heavy atom. The molecule has 0 radical (unpaired) electrons. The molecule has 0 amide bonds. The molecular weight excluding hydrogens is 302 g/mol. The summed E-state index contributed by atoms with van der Waals surface area (Å²) in [4.78, 5) is 13.4. The summed E-state index contributed by atoms with van der Waals surface area (Å²) in [7, 11) is 1.70. The Hall–Kier alpha value is -2.17. The smallest absolute Gasteiger partial charge is 0.335 e. The Kier molecular flexibility index (Phi) is 7.46. The molecule has 0 aliphatic rings. The van der Waals surface area contributed by atoms with Gasteiger partial charge >= 0.3 is 5.97 Å². The van der Waals surface area contributed by atoms with E-state index in [4.69, 9.17) is 9.84 Å². The van der Waals surface area contributed by atoms with Crippen molar-refractivity contribution in [2.45, 2.75) is 19.4 Å². The minimum absolute atomic E-state index is 0.337. The Morgan fingerprint density at radius 2 is 1.79 bits per heavy atom. The van der Waals surface area contributed by atoms with Gasteiger partial charge in [-0.05, 0) is 42.6 Å². The zero-order valence-corrected chi connectivity index (χ0v) is 14.1. The van der Waals surface area contributed by atoms with Crippen molar-refractivity contribution < 1.29 is 14.6 Å². The molecule has 1 N–H and O–H groups in total. The number of methoxy groups -OCH3 is 1. The van der Waals surface area contributed by atoms with Gasteiger partial charge in [0.1, 0.15) is 0 Å². The quantitative estimate of drug-likeness (QED) is 0.726. The van der Waals surface area contributed by atoms with Crippen LogP contribution in [-0.2, 0) is 17.7 Å². The van der Waals surface area contributed by atoms with Crippen LogP contribution in [0.1, 0.15) is 27.9 Å². The van der Waals surface area contributed by atoms with Gasteiger partial charge in [0.25, 0.3) is 0 Å². The Labute approximate surface area is 143 Å². The van der Waals surface area contributed by atoms with Crippen molar-refractivity contribution in [1.82, 2.24) is 4.90 Å². The van der Waals surface area contributed by atoms with Crippen LogP contribution in [0.2, 0.25) is 0 Å². The Morgan fingerprint density at radius 3 is 2.50 bits per heavy atom. The molecule has 0 fully saturated rings. The average molecular weight is 327 g/mol. The summed E-state index contributed by atoms with van der Waals surface area (Å²) < 4.78 is 5.20. The van der Waals surface area contributed by atoms with Crippen LogP contribution in [0.15, 0.2) is 54.6 Å². The average Bonchev–Trinajstić information content (AvgIpc) is 2.60. The first-order valence-electron chi connectivity index (χ1n) is 8.26. The van der Waals surface area contributed by atoms with Gasteiger partial charge in [0.05, 0.1) is 12.2 Å². The number of carboxylic acids is 1. The van der Waals surface area contributed by atoms with E-state index in [0.29, 0.717) is 12.2 Å². The highest BCUT2D eigenvalue weighted by atomic mass is 16.5. The van der Waals surface area contributed by atoms with Gasteiger partial charge in [-0.1, -0.05) is 42.5 Å². The largest absolute Gasteiger partial charge is 0.478 e. The Balaban J connectivity index is 1.92. The molecule has 2 rings (SSSR count). The maximum Gasteiger partial charge on any atom is 0.335 e. The van der Waals surface area contributed by atoms with Crippen LogP contribution in [0.25, 0.3) is 0 Å². The molecule has 0 aliphatic carbocycles. The van der Waals surface area contributed by atoms with E-state index in [1.165, 1.54) is 5.56 Å². The lowest BCUT2D eigenvalue weighted by Crippen LogP contribution is -2.28. The summed E-state index contributed by atoms with van der Waals surface area (Å²) >= 11 is 0. The number of aryl methyl sites for hydroxylation is 1. The van der Waals surface area contributed by atoms with Crippen molar-refractivity contribution >= 4 is 5.97 Å². The van der Waals surface area contributed by atoms with Gasteiger partial charge in [-0.2, -0.15) is 0 Å². The number of ether oxygens (including phenoxy) is 1. The summed E-state index contributed by atoms with van der Waals surface area (Å²) in [6, 6.07) is 17.6. The summed E-state index contributed by atoms with van der Waals surface area (Å²) in [5.41, 5.74) is 2.70. The van der Waals surface area contributed by atoms with Crippen molar-refractivity contribution in [2.24, 2.45) is 0 Å². The first-order chi connectivity index (χ1) is 11.7. The van der Waals surface area contributed by atoms with Gasteiger partial charge < -0.3 is 9.84 Å². The van der Waals surface area contributed by atoms with Crippen molar-refractivity contribution in [2.75, 3.05) is 26.8 Å². The van der Waals surface area contributed by atoms with Crippen LogP contribution >= 0.6 is 0 Å². The zero-order valence-electron chi connectivity index (χ0n) is 14.1. The molecule has 2 aromatic rings. The lowest BCUT2D eigenvalue weighted by Gasteiger charge is -2.22. The molecule has 0 saturated carbocycles. The van der Waals surface area contributed by atoms with E-state index in [9.17, 15) is 4.79 Å². The van der Waals surface area contributed by atoms with Gasteiger partial charge in [-0.15, -0.1) is 0 Å². The fraction of sp³-hybridized carbons (Fsp3) is 0.350. The molecule has 128 valence electrons. The van der Waals surface area contributed by atoms with E-state index in [1.807, 2.05) is 12.1 Å². The molecule has 4 heteroatoms. The van der Waals surface area contributed by atoms with Gasteiger partial charge in [-0.25, -0.2) is 4.79 Å². The molecule has 0 saturated heterocycles. The molecule has 0 spiro atoms. The number of benzene rings is 2. The highest BCUT2D eigenvalue weighted by molar-refractivity contribution is 5.87. The Bertz CT molecular complexity index is 628. The number of rotatable bonds is 10. The maximum atomic E-state index is 11.1. The van der Waals surface area contributed by atoms with Crippen molar-refractivity contribution in [3.05, 3.63) is 71.3 Å². The van der Waals surface area contributed by atoms with Crippen molar-refractivity contribution in [3.63, 3.8) is 0 Å². The number of hydrogen-bond acceptors (Lipinski definition) is 3. The first-order valence-corrected chi connectivity index (χ1v) is 8.26. The van der Waals surface area contributed by atoms with Gasteiger partial charge in [0, 0.05) is 20.2 Å². The lowest BCUT2D eigenvalue weighted by molar-refractivity contribution is 0.0696. The van der Waals surface area contributed by atoms with Crippen LogP contribution in [-0.4, -0.2) is 42.8 Å². The highest BCUT2D eigenvalue weighted by Gasteiger charge is 2.08. The summed E-state index contributed by atoms with van der Waals surface area (Å²) in [6.07, 6.45) is 2.10. The molecule has 0 bridgehead atoms. The van der Waals surface area contributed by atoms with E-state index in [-0.39, 0.29) is 0 Å². The second-order valence-corrected chi connectivity index (χ2v) is 5.86. The lowest BCUT2D eigenvalue weighted by atomic mass is 10.1. The van der Waals surface area contributed by atoms with E-state index >= 15 is 0 Å². The monoisotopic (exact) mass is 327 g/mol. The van der Waals surface area contributed by atoms with Crippen molar-refractivity contribution in [3.8, 4) is 0 Å². The molecule has 0 heterocycles. The predicted octanol–water partition coefficient (Wildman–Crippen LogP) is 3.47. The molecule has 24 heavy (non-hydrogen) atoms. The third-order valence-electron chi connectivity index (χ3n) is 3.97. The highest BCUT2D eigenvalue weighted by Crippen LogP contribution is 2.10. The number of aromatic carboxylic acids is 1.